The summed E-state index contributed by atoms with van der Waals surface area (Å²) in [5, 5.41) is 24.5. The molecule has 1 heterocycles. The number of nitrogens with one attached hydrogen (secondary N) is 2. The summed E-state index contributed by atoms with van der Waals surface area (Å²) in [6.45, 7) is -0.867. The second-order valence-electron chi connectivity index (χ2n) is 11.9. The van der Waals surface area contributed by atoms with E-state index in [1.165, 1.54) is 72.1 Å². The second kappa shape index (κ2) is 18.6. The fourth-order valence-corrected chi connectivity index (χ4v) is 7.70. The molecule has 0 radical (unpaired) electrons. The first-order valence-corrected chi connectivity index (χ1v) is 18.6. The molecular formula is C38H37F2N3O8S2. The van der Waals surface area contributed by atoms with Gasteiger partial charge in [-0.05, 0) is 77.4 Å². The van der Waals surface area contributed by atoms with Crippen molar-refractivity contribution >= 4 is 52.9 Å². The number of anilines is 1. The number of β-lactam (4-membered cyclic amide) rings is 1. The largest absolute Gasteiger partial charge is 0.497 e. The maximum Gasteiger partial charge on any atom is 0.327 e. The standard InChI is InChI=1S/C38H37F2N3O8S2/c1-50-29-14-2-23(3-15-29)20-52-21-31(38(48)49)42-33(45)18-41-34(46)19-51-30-16-6-25(7-17-30)35-36(37(47)43(35)28-12-10-27(40)11-13-28)53-22-32(44)24-4-8-26(39)9-5-24/h2-17,31-32,35-36,44H,18-22H2,1H3,(H,41,46)(H,42,45)(H,48,49)/t31-,32?,35-,36-/m1/s1. The molecule has 4 N–H and O–H groups in total. The van der Waals surface area contributed by atoms with Crippen molar-refractivity contribution in [2.45, 2.75) is 29.2 Å². The number of methoxy groups -OCH3 is 1. The lowest BCUT2D eigenvalue weighted by atomic mass is 9.92. The zero-order valence-corrected chi connectivity index (χ0v) is 30.1. The summed E-state index contributed by atoms with van der Waals surface area (Å²) in [5.74, 6) is -1.69. The molecule has 1 saturated heterocycles. The minimum atomic E-state index is -1.20. The van der Waals surface area contributed by atoms with E-state index in [0.29, 0.717) is 28.5 Å². The number of carbonyl (C=O) groups is 4. The fourth-order valence-electron chi connectivity index (χ4n) is 5.39. The Morgan fingerprint density at radius 1 is 0.849 bits per heavy atom. The highest BCUT2D eigenvalue weighted by atomic mass is 32.2. The van der Waals surface area contributed by atoms with Crippen molar-refractivity contribution < 1.29 is 47.6 Å². The molecule has 3 amide bonds. The molecule has 1 fully saturated rings. The quantitative estimate of drug-likeness (QED) is 0.103. The van der Waals surface area contributed by atoms with Crippen molar-refractivity contribution in [2.24, 2.45) is 0 Å². The summed E-state index contributed by atoms with van der Waals surface area (Å²) in [7, 11) is 1.57. The topological polar surface area (TPSA) is 154 Å². The third kappa shape index (κ3) is 10.7. The minimum absolute atomic E-state index is 0.119. The Kier molecular flexibility index (Phi) is 13.7. The lowest BCUT2D eigenvalue weighted by molar-refractivity contribution is -0.141. The van der Waals surface area contributed by atoms with Crippen LogP contribution in [0, 0.1) is 11.6 Å². The number of carbonyl (C=O) groups excluding carboxylic acids is 3. The van der Waals surface area contributed by atoms with Crippen molar-refractivity contribution in [3.63, 3.8) is 0 Å². The number of carboxylic acid groups (broad SMARTS) is 1. The number of thioether (sulfide) groups is 2. The number of amides is 3. The van der Waals surface area contributed by atoms with E-state index in [0.717, 1.165) is 11.1 Å². The first kappa shape index (κ1) is 39.1. The van der Waals surface area contributed by atoms with Gasteiger partial charge < -0.3 is 35.2 Å². The van der Waals surface area contributed by atoms with E-state index in [4.69, 9.17) is 9.47 Å². The summed E-state index contributed by atoms with van der Waals surface area (Å²) in [5.41, 5.74) is 2.72. The van der Waals surface area contributed by atoms with Crippen molar-refractivity contribution in [3.8, 4) is 11.5 Å². The Morgan fingerprint density at radius 3 is 2.09 bits per heavy atom. The van der Waals surface area contributed by atoms with E-state index in [1.807, 2.05) is 12.1 Å². The van der Waals surface area contributed by atoms with Crippen LogP contribution in [-0.2, 0) is 24.9 Å². The molecule has 4 atom stereocenters. The van der Waals surface area contributed by atoms with Gasteiger partial charge in [0, 0.05) is 22.9 Å². The summed E-state index contributed by atoms with van der Waals surface area (Å²) in [6, 6.07) is 23.5. The van der Waals surface area contributed by atoms with Gasteiger partial charge in [-0.1, -0.05) is 36.4 Å². The number of aliphatic hydroxyl groups excluding tert-OH is 1. The van der Waals surface area contributed by atoms with Gasteiger partial charge in [-0.3, -0.25) is 14.4 Å². The zero-order chi connectivity index (χ0) is 37.9. The van der Waals surface area contributed by atoms with Gasteiger partial charge in [0.1, 0.15) is 34.4 Å². The normalized spacial score (nSPS) is 16.2. The van der Waals surface area contributed by atoms with Crippen LogP contribution in [0.1, 0.15) is 28.8 Å². The van der Waals surface area contributed by atoms with E-state index in [9.17, 15) is 38.2 Å². The Morgan fingerprint density at radius 2 is 1.47 bits per heavy atom. The van der Waals surface area contributed by atoms with Crippen LogP contribution in [0.3, 0.4) is 0 Å². The molecule has 5 rings (SSSR count). The number of nitrogens with zero attached hydrogens (tertiary/aromatic N) is 1. The number of aliphatic carboxylic acids is 1. The molecule has 4 aromatic rings. The van der Waals surface area contributed by atoms with Crippen LogP contribution in [0.25, 0.3) is 0 Å². The highest BCUT2D eigenvalue weighted by Gasteiger charge is 2.49. The first-order chi connectivity index (χ1) is 25.5. The van der Waals surface area contributed by atoms with Crippen LogP contribution in [-0.4, -0.2) is 77.0 Å². The number of hydrogen-bond donors (Lipinski definition) is 4. The number of halogens is 2. The smallest absolute Gasteiger partial charge is 0.327 e. The van der Waals surface area contributed by atoms with Gasteiger partial charge in [0.2, 0.25) is 11.8 Å². The Labute approximate surface area is 313 Å². The first-order valence-electron chi connectivity index (χ1n) is 16.4. The van der Waals surface area contributed by atoms with E-state index < -0.39 is 66.0 Å². The average molecular weight is 766 g/mol. The van der Waals surface area contributed by atoms with E-state index >= 15 is 0 Å². The molecule has 0 saturated carbocycles. The minimum Gasteiger partial charge on any atom is -0.497 e. The molecule has 1 aliphatic rings. The third-order valence-electron chi connectivity index (χ3n) is 8.22. The highest BCUT2D eigenvalue weighted by Crippen LogP contribution is 2.46. The number of rotatable bonds is 18. The number of aliphatic hydroxyl groups is 1. The third-order valence-corrected chi connectivity index (χ3v) is 10.7. The molecule has 278 valence electrons. The Hall–Kier alpha value is -5.12. The van der Waals surface area contributed by atoms with E-state index in [-0.39, 0.29) is 17.4 Å². The molecule has 15 heteroatoms. The molecule has 0 aliphatic carbocycles. The van der Waals surface area contributed by atoms with Crippen LogP contribution in [0.4, 0.5) is 14.5 Å². The number of ether oxygens (including phenoxy) is 2. The van der Waals surface area contributed by atoms with Crippen LogP contribution < -0.4 is 25.0 Å². The summed E-state index contributed by atoms with van der Waals surface area (Å²) in [4.78, 5) is 51.4. The number of benzene rings is 4. The SMILES string of the molecule is COc1ccc(CSC[C@@H](NC(=O)CNC(=O)COc2ccc([C@@H]3[C@@H](SCC(O)c4ccc(F)cc4)C(=O)N3c3ccc(F)cc3)cc2)C(=O)O)cc1. The zero-order valence-electron chi connectivity index (χ0n) is 28.4. The maximum absolute atomic E-state index is 13.7. The molecule has 11 nitrogen and oxygen atoms in total. The maximum atomic E-state index is 13.7. The molecule has 0 spiro atoms. The van der Waals surface area contributed by atoms with Crippen LogP contribution in [0.5, 0.6) is 11.5 Å². The van der Waals surface area contributed by atoms with Gasteiger partial charge in [0.25, 0.3) is 5.91 Å². The van der Waals surface area contributed by atoms with E-state index in [1.54, 1.807) is 48.4 Å². The lowest BCUT2D eigenvalue weighted by Crippen LogP contribution is -2.57. The molecule has 0 bridgehead atoms. The lowest BCUT2D eigenvalue weighted by Gasteiger charge is -2.47. The highest BCUT2D eigenvalue weighted by molar-refractivity contribution is 8.00. The van der Waals surface area contributed by atoms with Crippen molar-refractivity contribution in [1.29, 1.82) is 0 Å². The number of carboxylic acids is 1. The van der Waals surface area contributed by atoms with Crippen molar-refractivity contribution in [2.75, 3.05) is 36.7 Å². The average Bonchev–Trinajstić information content (AvgIpc) is 3.16. The Bertz CT molecular complexity index is 1870. The molecule has 4 aromatic carbocycles. The van der Waals surface area contributed by atoms with Crippen molar-refractivity contribution in [1.82, 2.24) is 10.6 Å². The van der Waals surface area contributed by atoms with Gasteiger partial charge in [0.15, 0.2) is 6.61 Å². The summed E-state index contributed by atoms with van der Waals surface area (Å²) in [6.07, 6.45) is -0.935. The van der Waals surface area contributed by atoms with Crippen LogP contribution >= 0.6 is 23.5 Å². The van der Waals surface area contributed by atoms with Crippen molar-refractivity contribution in [3.05, 3.63) is 125 Å². The number of hydrogen-bond acceptors (Lipinski definition) is 9. The monoisotopic (exact) mass is 765 g/mol. The molecule has 1 aliphatic heterocycles. The molecule has 53 heavy (non-hydrogen) atoms. The van der Waals surface area contributed by atoms with Gasteiger partial charge in [-0.25, -0.2) is 13.6 Å². The van der Waals surface area contributed by atoms with Gasteiger partial charge >= 0.3 is 5.97 Å². The predicted octanol–water partition coefficient (Wildman–Crippen LogP) is 4.89. The summed E-state index contributed by atoms with van der Waals surface area (Å²) < 4.78 is 37.7. The van der Waals surface area contributed by atoms with Crippen LogP contribution in [0.2, 0.25) is 0 Å². The molecule has 0 aromatic heterocycles. The summed E-state index contributed by atoms with van der Waals surface area (Å²) >= 11 is 2.59. The van der Waals surface area contributed by atoms with Gasteiger partial charge in [0.05, 0.1) is 25.8 Å². The Balaban J connectivity index is 1.11. The predicted molar refractivity (Wildman–Crippen MR) is 198 cm³/mol. The van der Waals surface area contributed by atoms with Gasteiger partial charge in [-0.2, -0.15) is 11.8 Å². The molecular weight excluding hydrogens is 729 g/mol. The fraction of sp³-hybridized carbons (Fsp3) is 0.263. The van der Waals surface area contributed by atoms with E-state index in [2.05, 4.69) is 10.6 Å². The van der Waals surface area contributed by atoms with Crippen LogP contribution in [0.15, 0.2) is 97.1 Å². The van der Waals surface area contributed by atoms with Gasteiger partial charge in [-0.15, -0.1) is 11.8 Å². The molecule has 1 unspecified atom stereocenters. The second-order valence-corrected chi connectivity index (χ2v) is 14.1.